The fraction of sp³-hybridized carbons (Fsp3) is 0.130. The molecule has 3 aromatic heterocycles. The summed E-state index contributed by atoms with van der Waals surface area (Å²) in [6.45, 7) is 4.03. The molecule has 0 unspecified atom stereocenters. The molecule has 0 aliphatic carbocycles. The van der Waals surface area contributed by atoms with Crippen LogP contribution < -0.4 is 14.8 Å². The van der Waals surface area contributed by atoms with E-state index in [2.05, 4.69) is 4.98 Å². The number of aromatic nitrogens is 2. The van der Waals surface area contributed by atoms with Gasteiger partial charge in [-0.3, -0.25) is 14.9 Å². The number of furan rings is 1. The molecule has 160 valence electrons. The topological polar surface area (TPSA) is 99.9 Å². The van der Waals surface area contributed by atoms with Crippen molar-refractivity contribution in [2.75, 3.05) is 7.11 Å². The Bertz CT molecular complexity index is 1640. The highest BCUT2D eigenvalue weighted by molar-refractivity contribution is 7.15. The van der Waals surface area contributed by atoms with Crippen LogP contribution >= 0.6 is 11.3 Å². The number of benzene rings is 2. The van der Waals surface area contributed by atoms with Crippen LogP contribution in [0.1, 0.15) is 16.9 Å². The Morgan fingerprint density at radius 3 is 2.69 bits per heavy atom. The molecule has 0 bridgehead atoms. The van der Waals surface area contributed by atoms with Crippen molar-refractivity contribution in [3.63, 3.8) is 0 Å². The lowest BCUT2D eigenvalue weighted by atomic mass is 10.1. The molecule has 9 heteroatoms. The normalized spacial score (nSPS) is 12.2. The first-order valence-corrected chi connectivity index (χ1v) is 10.5. The molecular weight excluding hydrogens is 430 g/mol. The molecule has 2 aromatic carbocycles. The number of hydrogen-bond acceptors (Lipinski definition) is 7. The summed E-state index contributed by atoms with van der Waals surface area (Å²) in [5, 5.41) is 11.0. The highest BCUT2D eigenvalue weighted by atomic mass is 32.1. The average Bonchev–Trinajstić information content (AvgIpc) is 3.44. The van der Waals surface area contributed by atoms with Crippen LogP contribution in [0.3, 0.4) is 0 Å². The molecule has 5 aromatic rings. The third kappa shape index (κ3) is 3.14. The van der Waals surface area contributed by atoms with Gasteiger partial charge in [-0.1, -0.05) is 11.3 Å². The SMILES string of the molecule is COc1cc([N+](=O)[O-])ccc1-c1ccc(C=c2sc3nc4cc(C)c(C)cc4n3c2=O)o1. The van der Waals surface area contributed by atoms with E-state index in [0.29, 0.717) is 32.3 Å². The van der Waals surface area contributed by atoms with Crippen LogP contribution in [-0.2, 0) is 0 Å². The van der Waals surface area contributed by atoms with Gasteiger partial charge in [-0.2, -0.15) is 0 Å². The van der Waals surface area contributed by atoms with Crippen molar-refractivity contribution < 1.29 is 14.1 Å². The number of non-ortho nitro benzene ring substituents is 1. The number of methoxy groups -OCH3 is 1. The molecule has 5 rings (SSSR count). The molecule has 3 heterocycles. The summed E-state index contributed by atoms with van der Waals surface area (Å²) in [4.78, 5) is 28.8. The van der Waals surface area contributed by atoms with E-state index < -0.39 is 4.92 Å². The first-order chi connectivity index (χ1) is 15.4. The summed E-state index contributed by atoms with van der Waals surface area (Å²) in [6, 6.07) is 11.8. The van der Waals surface area contributed by atoms with E-state index in [-0.39, 0.29) is 11.2 Å². The number of nitro groups is 1. The molecular formula is C23H17N3O5S. The maximum atomic E-state index is 13.1. The summed E-state index contributed by atoms with van der Waals surface area (Å²) < 4.78 is 13.3. The second-order valence-corrected chi connectivity index (χ2v) is 8.42. The summed E-state index contributed by atoms with van der Waals surface area (Å²) in [5.74, 6) is 1.29. The minimum absolute atomic E-state index is 0.0699. The second kappa shape index (κ2) is 7.31. The van der Waals surface area contributed by atoms with E-state index in [9.17, 15) is 14.9 Å². The number of nitro benzene ring substituents is 1. The monoisotopic (exact) mass is 447 g/mol. The van der Waals surface area contributed by atoms with Gasteiger partial charge in [0.05, 0.1) is 34.7 Å². The second-order valence-electron chi connectivity index (χ2n) is 7.41. The summed E-state index contributed by atoms with van der Waals surface area (Å²) in [7, 11) is 1.44. The Kier molecular flexibility index (Phi) is 4.56. The Morgan fingerprint density at radius 2 is 1.94 bits per heavy atom. The summed E-state index contributed by atoms with van der Waals surface area (Å²) in [5.41, 5.74) is 4.18. The number of hydrogen-bond donors (Lipinski definition) is 0. The minimum Gasteiger partial charge on any atom is -0.496 e. The number of nitrogens with zero attached hydrogens (tertiary/aromatic N) is 3. The van der Waals surface area contributed by atoms with E-state index in [1.165, 1.54) is 30.6 Å². The Labute approximate surface area is 185 Å². The first kappa shape index (κ1) is 20.0. The zero-order chi connectivity index (χ0) is 22.6. The zero-order valence-corrected chi connectivity index (χ0v) is 18.2. The Morgan fingerprint density at radius 1 is 1.16 bits per heavy atom. The van der Waals surface area contributed by atoms with Gasteiger partial charge >= 0.3 is 0 Å². The van der Waals surface area contributed by atoms with Crippen LogP contribution in [0.2, 0.25) is 0 Å². The van der Waals surface area contributed by atoms with Gasteiger partial charge in [-0.15, -0.1) is 0 Å². The van der Waals surface area contributed by atoms with Crippen molar-refractivity contribution in [3.8, 4) is 17.1 Å². The molecule has 0 aliphatic rings. The van der Waals surface area contributed by atoms with Crippen molar-refractivity contribution in [2.24, 2.45) is 0 Å². The molecule has 0 radical (unpaired) electrons. The third-order valence-corrected chi connectivity index (χ3v) is 6.38. The van der Waals surface area contributed by atoms with Crippen LogP contribution in [0.4, 0.5) is 5.69 Å². The van der Waals surface area contributed by atoms with Crippen molar-refractivity contribution in [3.05, 3.63) is 84.4 Å². The van der Waals surface area contributed by atoms with Crippen LogP contribution in [0, 0.1) is 24.0 Å². The Hall–Kier alpha value is -3.98. The molecule has 0 saturated heterocycles. The van der Waals surface area contributed by atoms with Crippen molar-refractivity contribution in [2.45, 2.75) is 13.8 Å². The number of thiazole rings is 1. The molecule has 0 spiro atoms. The maximum absolute atomic E-state index is 13.1. The van der Waals surface area contributed by atoms with Gasteiger partial charge in [0, 0.05) is 12.1 Å². The van der Waals surface area contributed by atoms with Crippen LogP contribution in [0.25, 0.3) is 33.4 Å². The van der Waals surface area contributed by atoms with Crippen LogP contribution in [-0.4, -0.2) is 21.4 Å². The third-order valence-electron chi connectivity index (χ3n) is 5.42. The minimum atomic E-state index is -0.483. The fourth-order valence-electron chi connectivity index (χ4n) is 3.62. The standard InChI is InChI=1S/C23H17N3O5S/c1-12-8-17-18(9-13(12)2)25-22(27)21(32-23(25)24-17)11-15-5-7-19(31-15)16-6-4-14(26(28)29)10-20(16)30-3/h4-11H,1-3H3. The summed E-state index contributed by atoms with van der Waals surface area (Å²) in [6.07, 6.45) is 1.68. The predicted octanol–water partition coefficient (Wildman–Crippen LogP) is 4.25. The van der Waals surface area contributed by atoms with E-state index in [1.54, 1.807) is 28.7 Å². The van der Waals surface area contributed by atoms with E-state index >= 15 is 0 Å². The van der Waals surface area contributed by atoms with E-state index in [4.69, 9.17) is 9.15 Å². The molecule has 0 fully saturated rings. The maximum Gasteiger partial charge on any atom is 0.275 e. The largest absolute Gasteiger partial charge is 0.496 e. The fourth-order valence-corrected chi connectivity index (χ4v) is 4.59. The lowest BCUT2D eigenvalue weighted by Gasteiger charge is -2.05. The van der Waals surface area contributed by atoms with Gasteiger partial charge in [-0.25, -0.2) is 9.38 Å². The van der Waals surface area contributed by atoms with E-state index in [0.717, 1.165) is 22.2 Å². The molecule has 0 aliphatic heterocycles. The van der Waals surface area contributed by atoms with Gasteiger partial charge in [0.2, 0.25) is 0 Å². The number of rotatable bonds is 4. The van der Waals surface area contributed by atoms with Gasteiger partial charge in [-0.05, 0) is 55.3 Å². The molecule has 8 nitrogen and oxygen atoms in total. The first-order valence-electron chi connectivity index (χ1n) is 9.72. The molecule has 0 saturated carbocycles. The summed E-state index contributed by atoms with van der Waals surface area (Å²) >= 11 is 1.30. The smallest absolute Gasteiger partial charge is 0.275 e. The molecule has 0 atom stereocenters. The number of aryl methyl sites for hydroxylation is 2. The molecule has 32 heavy (non-hydrogen) atoms. The quantitative estimate of drug-likeness (QED) is 0.302. The number of imidazole rings is 1. The van der Waals surface area contributed by atoms with Crippen LogP contribution in [0.15, 0.2) is 51.7 Å². The zero-order valence-electron chi connectivity index (χ0n) is 17.4. The van der Waals surface area contributed by atoms with Gasteiger partial charge in [0.15, 0.2) is 4.96 Å². The lowest BCUT2D eigenvalue weighted by Crippen LogP contribution is -2.22. The molecule has 0 N–H and O–H groups in total. The number of ether oxygens (including phenoxy) is 1. The van der Waals surface area contributed by atoms with Gasteiger partial charge < -0.3 is 9.15 Å². The van der Waals surface area contributed by atoms with Crippen molar-refractivity contribution in [1.82, 2.24) is 9.38 Å². The van der Waals surface area contributed by atoms with Gasteiger partial charge in [0.25, 0.3) is 11.2 Å². The predicted molar refractivity (Wildman–Crippen MR) is 122 cm³/mol. The van der Waals surface area contributed by atoms with Gasteiger partial charge in [0.1, 0.15) is 21.8 Å². The lowest BCUT2D eigenvalue weighted by molar-refractivity contribution is -0.384. The van der Waals surface area contributed by atoms with Crippen molar-refractivity contribution in [1.29, 1.82) is 0 Å². The Balaban J connectivity index is 1.59. The van der Waals surface area contributed by atoms with E-state index in [1.807, 2.05) is 26.0 Å². The van der Waals surface area contributed by atoms with Crippen LogP contribution in [0.5, 0.6) is 5.75 Å². The highest BCUT2D eigenvalue weighted by Gasteiger charge is 2.16. The number of fused-ring (bicyclic) bond motifs is 3. The molecule has 0 amide bonds. The highest BCUT2D eigenvalue weighted by Crippen LogP contribution is 2.34. The average molecular weight is 447 g/mol. The van der Waals surface area contributed by atoms with Crippen molar-refractivity contribution >= 4 is 39.1 Å².